The average Bonchev–Trinajstić information content (AvgIpc) is 3.15. The van der Waals surface area contributed by atoms with Crippen LogP contribution in [0.15, 0.2) is 0 Å². The molecule has 1 rings (SSSR count). The first-order valence-corrected chi connectivity index (χ1v) is 12.7. The van der Waals surface area contributed by atoms with Crippen molar-refractivity contribution in [3.8, 4) is 0 Å². The molecule has 1 saturated heterocycles. The molecular weight excluding hydrogens is 466 g/mol. The van der Waals surface area contributed by atoms with Crippen LogP contribution in [-0.2, 0) is 33.4 Å². The number of likely N-dealkylation sites (tertiary alicyclic amines) is 1. The third kappa shape index (κ3) is 11.2. The van der Waals surface area contributed by atoms with Crippen LogP contribution in [0.3, 0.4) is 0 Å². The van der Waals surface area contributed by atoms with Gasteiger partial charge < -0.3 is 30.2 Å². The molecule has 1 heterocycles. The Balaban J connectivity index is 3.01. The van der Waals surface area contributed by atoms with E-state index >= 15 is 0 Å². The van der Waals surface area contributed by atoms with Gasteiger partial charge in [0.15, 0.2) is 0 Å². The minimum atomic E-state index is -1.08. The van der Waals surface area contributed by atoms with Crippen LogP contribution in [0.5, 0.6) is 0 Å². The minimum absolute atomic E-state index is 0.0364. The van der Waals surface area contributed by atoms with Crippen LogP contribution < -0.4 is 11.1 Å². The molecule has 0 unspecified atom stereocenters. The summed E-state index contributed by atoms with van der Waals surface area (Å²) in [5.74, 6) is -1.96. The van der Waals surface area contributed by atoms with Crippen LogP contribution in [0.1, 0.15) is 94.9 Å². The van der Waals surface area contributed by atoms with E-state index in [1.165, 1.54) is 4.90 Å². The maximum absolute atomic E-state index is 13.6. The van der Waals surface area contributed by atoms with E-state index in [-0.39, 0.29) is 12.8 Å². The molecule has 0 radical (unpaired) electrons. The molecule has 4 atom stereocenters. The van der Waals surface area contributed by atoms with E-state index in [1.807, 2.05) is 20.8 Å². The van der Waals surface area contributed by atoms with Crippen LogP contribution in [0.4, 0.5) is 0 Å². The fourth-order valence-electron chi connectivity index (χ4n) is 3.89. The Morgan fingerprint density at radius 2 is 1.50 bits per heavy atom. The molecular formula is C26H47N3O7. The van der Waals surface area contributed by atoms with E-state index in [0.29, 0.717) is 19.4 Å². The summed E-state index contributed by atoms with van der Waals surface area (Å²) in [5.41, 5.74) is 4.13. The third-order valence-corrected chi connectivity index (χ3v) is 5.20. The Bertz CT molecular complexity index is 793. The number of nitrogens with zero attached hydrogens (tertiary/aromatic N) is 1. The zero-order chi connectivity index (χ0) is 28.1. The summed E-state index contributed by atoms with van der Waals surface area (Å²) in [6.07, 6.45) is 0.427. The zero-order valence-corrected chi connectivity index (χ0v) is 23.7. The Kier molecular flexibility index (Phi) is 10.9. The van der Waals surface area contributed by atoms with Crippen LogP contribution in [0.25, 0.3) is 0 Å². The maximum atomic E-state index is 13.6. The third-order valence-electron chi connectivity index (χ3n) is 5.20. The molecule has 3 N–H and O–H groups in total. The molecule has 10 nitrogen and oxygen atoms in total. The Morgan fingerprint density at radius 1 is 0.944 bits per heavy atom. The first kappa shape index (κ1) is 31.8. The summed E-state index contributed by atoms with van der Waals surface area (Å²) < 4.78 is 16.8. The number of rotatable bonds is 9. The molecule has 1 aliphatic heterocycles. The van der Waals surface area contributed by atoms with Crippen LogP contribution in [-0.4, -0.2) is 76.2 Å². The van der Waals surface area contributed by atoms with E-state index < -0.39 is 64.8 Å². The quantitative estimate of drug-likeness (QED) is 0.449. The van der Waals surface area contributed by atoms with Crippen molar-refractivity contribution in [1.29, 1.82) is 0 Å². The molecule has 2 amide bonds. The fourth-order valence-corrected chi connectivity index (χ4v) is 3.89. The van der Waals surface area contributed by atoms with Gasteiger partial charge >= 0.3 is 11.9 Å². The molecule has 0 aromatic rings. The number of carbonyl (C=O) groups excluding carboxylic acids is 4. The number of nitrogens with two attached hydrogens (primary N) is 1. The molecule has 0 aromatic heterocycles. The highest BCUT2D eigenvalue weighted by atomic mass is 16.6. The molecule has 36 heavy (non-hydrogen) atoms. The van der Waals surface area contributed by atoms with Crippen LogP contribution >= 0.6 is 0 Å². The molecule has 0 aliphatic carbocycles. The van der Waals surface area contributed by atoms with Crippen molar-refractivity contribution in [3.05, 3.63) is 0 Å². The molecule has 1 aliphatic rings. The van der Waals surface area contributed by atoms with E-state index in [9.17, 15) is 19.2 Å². The van der Waals surface area contributed by atoms with E-state index in [4.69, 9.17) is 19.9 Å². The van der Waals surface area contributed by atoms with Crippen molar-refractivity contribution >= 4 is 23.8 Å². The van der Waals surface area contributed by atoms with E-state index in [2.05, 4.69) is 5.32 Å². The first-order chi connectivity index (χ1) is 16.2. The van der Waals surface area contributed by atoms with Crippen LogP contribution in [0, 0.1) is 0 Å². The highest BCUT2D eigenvalue weighted by Crippen LogP contribution is 2.24. The Labute approximate surface area is 215 Å². The Morgan fingerprint density at radius 3 is 2.00 bits per heavy atom. The highest BCUT2D eigenvalue weighted by Gasteiger charge is 2.42. The van der Waals surface area contributed by atoms with Crippen molar-refractivity contribution in [2.24, 2.45) is 5.73 Å². The molecule has 208 valence electrons. The van der Waals surface area contributed by atoms with Gasteiger partial charge in [0, 0.05) is 13.0 Å². The number of amides is 2. The highest BCUT2D eigenvalue weighted by molar-refractivity contribution is 5.93. The van der Waals surface area contributed by atoms with Gasteiger partial charge in [0.25, 0.3) is 0 Å². The summed E-state index contributed by atoms with van der Waals surface area (Å²) in [6, 6.07) is -2.85. The van der Waals surface area contributed by atoms with Gasteiger partial charge in [-0.1, -0.05) is 0 Å². The van der Waals surface area contributed by atoms with Gasteiger partial charge in [-0.3, -0.25) is 14.4 Å². The van der Waals surface area contributed by atoms with Crippen LogP contribution in [0.2, 0.25) is 0 Å². The molecule has 0 aromatic carbocycles. The van der Waals surface area contributed by atoms with Crippen molar-refractivity contribution in [3.63, 3.8) is 0 Å². The standard InChI is InChI=1S/C26H47N3O7/c1-16(34-24(2,3)4)20(28-21(31)17(27)13-14-19(30)35-25(5,6)7)22(32)29-15-11-12-18(29)23(33)36-26(8,9)10/h16-18,20H,11-15,27H2,1-10H3,(H,28,31)/t16-,17+,18+,20+/m1/s1. The fraction of sp³-hybridized carbons (Fsp3) is 0.846. The smallest absolute Gasteiger partial charge is 0.329 e. The summed E-state index contributed by atoms with van der Waals surface area (Å²) in [5, 5.41) is 2.71. The minimum Gasteiger partial charge on any atom is -0.460 e. The first-order valence-electron chi connectivity index (χ1n) is 12.7. The van der Waals surface area contributed by atoms with Crippen molar-refractivity contribution < 1.29 is 33.4 Å². The van der Waals surface area contributed by atoms with Gasteiger partial charge in [-0.05, 0) is 88.5 Å². The normalized spacial score (nSPS) is 19.3. The predicted molar refractivity (Wildman–Crippen MR) is 136 cm³/mol. The summed E-state index contributed by atoms with van der Waals surface area (Å²) >= 11 is 0. The number of ether oxygens (including phenoxy) is 3. The second-order valence-corrected chi connectivity index (χ2v) is 12.4. The lowest BCUT2D eigenvalue weighted by atomic mass is 10.1. The SMILES string of the molecule is C[C@@H](OC(C)(C)C)[C@H](NC(=O)[C@@H](N)CCC(=O)OC(C)(C)C)C(=O)N1CCC[C@H]1C(=O)OC(C)(C)C. The van der Waals surface area contributed by atoms with Crippen molar-refractivity contribution in [2.45, 2.75) is 136 Å². The summed E-state index contributed by atoms with van der Waals surface area (Å²) in [6.45, 7) is 18.2. The maximum Gasteiger partial charge on any atom is 0.329 e. The van der Waals surface area contributed by atoms with E-state index in [1.54, 1.807) is 48.5 Å². The summed E-state index contributed by atoms with van der Waals surface area (Å²) in [4.78, 5) is 52.8. The number of esters is 2. The van der Waals surface area contributed by atoms with Gasteiger partial charge in [0.1, 0.15) is 23.3 Å². The van der Waals surface area contributed by atoms with Crippen molar-refractivity contribution in [2.75, 3.05) is 6.54 Å². The van der Waals surface area contributed by atoms with Gasteiger partial charge in [-0.15, -0.1) is 0 Å². The second kappa shape index (κ2) is 12.4. The second-order valence-electron chi connectivity index (χ2n) is 12.4. The number of nitrogens with one attached hydrogen (secondary N) is 1. The molecule has 0 bridgehead atoms. The lowest BCUT2D eigenvalue weighted by Gasteiger charge is -2.35. The van der Waals surface area contributed by atoms with E-state index in [0.717, 1.165) is 0 Å². The molecule has 1 fully saturated rings. The van der Waals surface area contributed by atoms with Crippen molar-refractivity contribution in [1.82, 2.24) is 10.2 Å². The lowest BCUT2D eigenvalue weighted by Crippen LogP contribution is -2.59. The Hall–Kier alpha value is -2.20. The predicted octanol–water partition coefficient (Wildman–Crippen LogP) is 2.46. The van der Waals surface area contributed by atoms with Gasteiger partial charge in [-0.2, -0.15) is 0 Å². The molecule has 0 spiro atoms. The molecule has 0 saturated carbocycles. The number of carbonyl (C=O) groups is 4. The molecule has 10 heteroatoms. The summed E-state index contributed by atoms with van der Waals surface area (Å²) in [7, 11) is 0. The zero-order valence-electron chi connectivity index (χ0n) is 23.7. The number of hydrogen-bond acceptors (Lipinski definition) is 8. The largest absolute Gasteiger partial charge is 0.460 e. The topological polar surface area (TPSA) is 137 Å². The average molecular weight is 514 g/mol. The van der Waals surface area contributed by atoms with Gasteiger partial charge in [0.05, 0.1) is 17.7 Å². The lowest BCUT2D eigenvalue weighted by molar-refractivity contribution is -0.165. The van der Waals surface area contributed by atoms with Gasteiger partial charge in [-0.25, -0.2) is 4.79 Å². The monoisotopic (exact) mass is 513 g/mol. The number of hydrogen-bond donors (Lipinski definition) is 2. The van der Waals surface area contributed by atoms with Gasteiger partial charge in [0.2, 0.25) is 11.8 Å².